The number of nitrogens with zero attached hydrogens (tertiary/aromatic N) is 1. The van der Waals surface area contributed by atoms with Crippen molar-refractivity contribution in [3.05, 3.63) is 95.1 Å². The van der Waals surface area contributed by atoms with Crippen LogP contribution in [0.2, 0.25) is 0 Å². The molecule has 0 saturated carbocycles. The summed E-state index contributed by atoms with van der Waals surface area (Å²) in [6, 6.07) is 23.6. The second kappa shape index (κ2) is 7.51. The highest BCUT2D eigenvalue weighted by atomic mass is 16.7. The standard InChI is InChI=1S/C24H21NO4/c26-24(27-15-17-6-2-1-3-7-17)25-13-12-18-8-4-5-9-20(18)23(25)19-10-11-21-22(14-19)29-16-28-21/h1-11,14,23H,12-13,15-16H2/t23-/m1/s1. The molecule has 29 heavy (non-hydrogen) atoms. The number of rotatable bonds is 3. The molecule has 3 aromatic carbocycles. The number of carbonyl (C=O) groups excluding carboxylic acids is 1. The molecular weight excluding hydrogens is 366 g/mol. The molecule has 2 aliphatic rings. The Kier molecular flexibility index (Phi) is 4.56. The van der Waals surface area contributed by atoms with Crippen molar-refractivity contribution >= 4 is 6.09 Å². The zero-order chi connectivity index (χ0) is 19.6. The molecule has 0 fully saturated rings. The zero-order valence-corrected chi connectivity index (χ0v) is 15.9. The quantitative estimate of drug-likeness (QED) is 0.654. The van der Waals surface area contributed by atoms with Gasteiger partial charge in [-0.15, -0.1) is 0 Å². The first-order valence-corrected chi connectivity index (χ1v) is 9.74. The Labute approximate surface area is 169 Å². The number of fused-ring (bicyclic) bond motifs is 2. The predicted octanol–water partition coefficient (Wildman–Crippen LogP) is 4.70. The van der Waals surface area contributed by atoms with E-state index in [2.05, 4.69) is 12.1 Å². The van der Waals surface area contributed by atoms with Gasteiger partial charge in [0, 0.05) is 6.54 Å². The average Bonchev–Trinajstić information content (AvgIpc) is 3.25. The van der Waals surface area contributed by atoms with Gasteiger partial charge in [0.2, 0.25) is 6.79 Å². The molecule has 2 aliphatic heterocycles. The molecule has 0 spiro atoms. The minimum atomic E-state index is -0.314. The summed E-state index contributed by atoms with van der Waals surface area (Å²) in [5, 5.41) is 0. The van der Waals surface area contributed by atoms with Crippen molar-refractivity contribution in [2.45, 2.75) is 19.1 Å². The van der Waals surface area contributed by atoms with E-state index < -0.39 is 0 Å². The van der Waals surface area contributed by atoms with Gasteiger partial charge in [-0.1, -0.05) is 60.7 Å². The first-order valence-electron chi connectivity index (χ1n) is 9.74. The largest absolute Gasteiger partial charge is 0.454 e. The number of hydrogen-bond acceptors (Lipinski definition) is 4. The first-order chi connectivity index (χ1) is 14.3. The summed E-state index contributed by atoms with van der Waals surface area (Å²) < 4.78 is 16.7. The van der Waals surface area contributed by atoms with Crippen molar-refractivity contribution < 1.29 is 19.0 Å². The Balaban J connectivity index is 1.46. The Hall–Kier alpha value is -3.47. The van der Waals surface area contributed by atoms with E-state index in [9.17, 15) is 4.79 Å². The van der Waals surface area contributed by atoms with Crippen LogP contribution in [0.1, 0.15) is 28.3 Å². The smallest absolute Gasteiger partial charge is 0.410 e. The van der Waals surface area contributed by atoms with Crippen molar-refractivity contribution in [1.29, 1.82) is 0 Å². The van der Waals surface area contributed by atoms with Gasteiger partial charge in [0.15, 0.2) is 11.5 Å². The van der Waals surface area contributed by atoms with Gasteiger partial charge in [-0.05, 0) is 40.8 Å². The minimum absolute atomic E-state index is 0.224. The molecule has 5 rings (SSSR count). The van der Waals surface area contributed by atoms with E-state index in [4.69, 9.17) is 14.2 Å². The predicted molar refractivity (Wildman–Crippen MR) is 108 cm³/mol. The second-order valence-corrected chi connectivity index (χ2v) is 7.20. The third kappa shape index (κ3) is 3.40. The maximum atomic E-state index is 13.0. The molecule has 2 heterocycles. The molecular formula is C24H21NO4. The van der Waals surface area contributed by atoms with Gasteiger partial charge in [0.05, 0.1) is 6.04 Å². The lowest BCUT2D eigenvalue weighted by atomic mass is 9.88. The molecule has 0 unspecified atom stereocenters. The lowest BCUT2D eigenvalue weighted by Crippen LogP contribution is -2.40. The summed E-state index contributed by atoms with van der Waals surface area (Å²) in [5.74, 6) is 1.44. The molecule has 1 atom stereocenters. The van der Waals surface area contributed by atoms with Crippen molar-refractivity contribution in [3.8, 4) is 11.5 Å². The van der Waals surface area contributed by atoms with Crippen LogP contribution < -0.4 is 9.47 Å². The fourth-order valence-electron chi connectivity index (χ4n) is 4.01. The monoisotopic (exact) mass is 387 g/mol. The zero-order valence-electron chi connectivity index (χ0n) is 15.9. The Morgan fingerprint density at radius 2 is 1.76 bits per heavy atom. The number of hydrogen-bond donors (Lipinski definition) is 0. The van der Waals surface area contributed by atoms with E-state index in [0.717, 1.165) is 28.9 Å². The molecule has 0 saturated heterocycles. The topological polar surface area (TPSA) is 48.0 Å². The van der Waals surface area contributed by atoms with Crippen LogP contribution in [-0.2, 0) is 17.8 Å². The van der Waals surface area contributed by atoms with Crippen LogP contribution in [0.3, 0.4) is 0 Å². The summed E-state index contributed by atoms with van der Waals surface area (Å²) in [7, 11) is 0. The van der Waals surface area contributed by atoms with Crippen LogP contribution in [0.15, 0.2) is 72.8 Å². The van der Waals surface area contributed by atoms with E-state index in [0.29, 0.717) is 12.3 Å². The van der Waals surface area contributed by atoms with Gasteiger partial charge in [-0.25, -0.2) is 4.79 Å². The van der Waals surface area contributed by atoms with Gasteiger partial charge in [-0.3, -0.25) is 4.90 Å². The van der Waals surface area contributed by atoms with Gasteiger partial charge in [-0.2, -0.15) is 0 Å². The Morgan fingerprint density at radius 3 is 2.66 bits per heavy atom. The van der Waals surface area contributed by atoms with Crippen LogP contribution in [0.25, 0.3) is 0 Å². The van der Waals surface area contributed by atoms with E-state index in [-0.39, 0.29) is 25.5 Å². The normalized spacial score (nSPS) is 17.0. The highest BCUT2D eigenvalue weighted by Crippen LogP contribution is 2.40. The summed E-state index contributed by atoms with van der Waals surface area (Å²) >= 11 is 0. The van der Waals surface area contributed by atoms with Crippen LogP contribution in [0, 0.1) is 0 Å². The van der Waals surface area contributed by atoms with Crippen molar-refractivity contribution in [2.24, 2.45) is 0 Å². The second-order valence-electron chi connectivity index (χ2n) is 7.20. The lowest BCUT2D eigenvalue weighted by molar-refractivity contribution is 0.0836. The van der Waals surface area contributed by atoms with E-state index >= 15 is 0 Å². The molecule has 0 bridgehead atoms. The highest BCUT2D eigenvalue weighted by molar-refractivity contribution is 5.70. The maximum Gasteiger partial charge on any atom is 0.410 e. The van der Waals surface area contributed by atoms with Crippen LogP contribution >= 0.6 is 0 Å². The summed E-state index contributed by atoms with van der Waals surface area (Å²) in [5.41, 5.74) is 4.33. The van der Waals surface area contributed by atoms with E-state index in [1.807, 2.05) is 65.6 Å². The third-order valence-electron chi connectivity index (χ3n) is 5.44. The molecule has 0 aliphatic carbocycles. The molecule has 146 valence electrons. The lowest BCUT2D eigenvalue weighted by Gasteiger charge is -2.37. The van der Waals surface area contributed by atoms with Gasteiger partial charge in [0.25, 0.3) is 0 Å². The Morgan fingerprint density at radius 1 is 0.966 bits per heavy atom. The molecule has 0 N–H and O–H groups in total. The molecule has 3 aromatic rings. The summed E-state index contributed by atoms with van der Waals surface area (Å²) in [6.45, 7) is 1.08. The number of amides is 1. The highest BCUT2D eigenvalue weighted by Gasteiger charge is 2.33. The van der Waals surface area contributed by atoms with E-state index in [1.165, 1.54) is 5.56 Å². The van der Waals surface area contributed by atoms with Gasteiger partial charge < -0.3 is 14.2 Å². The van der Waals surface area contributed by atoms with Crippen molar-refractivity contribution in [1.82, 2.24) is 4.90 Å². The number of carbonyl (C=O) groups is 1. The van der Waals surface area contributed by atoms with Crippen LogP contribution in [0.4, 0.5) is 4.79 Å². The summed E-state index contributed by atoms with van der Waals surface area (Å²) in [4.78, 5) is 14.9. The van der Waals surface area contributed by atoms with Crippen LogP contribution in [0.5, 0.6) is 11.5 Å². The fourth-order valence-corrected chi connectivity index (χ4v) is 4.01. The fraction of sp³-hybridized carbons (Fsp3) is 0.208. The molecule has 0 aromatic heterocycles. The Bertz CT molecular complexity index is 1030. The molecule has 1 amide bonds. The molecule has 5 nitrogen and oxygen atoms in total. The van der Waals surface area contributed by atoms with Crippen molar-refractivity contribution in [3.63, 3.8) is 0 Å². The van der Waals surface area contributed by atoms with Crippen LogP contribution in [-0.4, -0.2) is 24.3 Å². The van der Waals surface area contributed by atoms with Gasteiger partial charge >= 0.3 is 6.09 Å². The van der Waals surface area contributed by atoms with Gasteiger partial charge in [0.1, 0.15) is 6.61 Å². The van der Waals surface area contributed by atoms with Crippen molar-refractivity contribution in [2.75, 3.05) is 13.3 Å². The summed E-state index contributed by atoms with van der Waals surface area (Å²) in [6.07, 6.45) is 0.489. The number of ether oxygens (including phenoxy) is 3. The van der Waals surface area contributed by atoms with E-state index in [1.54, 1.807) is 0 Å². The maximum absolute atomic E-state index is 13.0. The average molecular weight is 387 g/mol. The first kappa shape index (κ1) is 17.6. The minimum Gasteiger partial charge on any atom is -0.454 e. The number of benzene rings is 3. The SMILES string of the molecule is O=C(OCc1ccccc1)N1CCc2ccccc2[C@H]1c1ccc2c(c1)OCO2. The molecule has 0 radical (unpaired) electrons. The third-order valence-corrected chi connectivity index (χ3v) is 5.44. The molecule has 5 heteroatoms.